The summed E-state index contributed by atoms with van der Waals surface area (Å²) in [5.41, 5.74) is 0. The summed E-state index contributed by atoms with van der Waals surface area (Å²) in [6.45, 7) is 4.50. The lowest BCUT2D eigenvalue weighted by atomic mass is 9.63. The average Bonchev–Trinajstić information content (AvgIpc) is 1.85. The minimum atomic E-state index is 1.03. The van der Waals surface area contributed by atoms with Crippen LogP contribution in [0.1, 0.15) is 39.0 Å². The maximum atomic E-state index is 2.35. The summed E-state index contributed by atoms with van der Waals surface area (Å²) in [5, 5.41) is 0. The van der Waals surface area contributed by atoms with E-state index in [1.807, 2.05) is 0 Å². The van der Waals surface area contributed by atoms with Gasteiger partial charge in [0, 0.05) is 0 Å². The van der Waals surface area contributed by atoms with Gasteiger partial charge in [-0.3, -0.25) is 0 Å². The summed E-state index contributed by atoms with van der Waals surface area (Å²) < 4.78 is 0. The molecule has 0 heterocycles. The van der Waals surface area contributed by atoms with Gasteiger partial charge in [-0.25, -0.2) is 0 Å². The molecular weight excluding hydrogens is 131 g/mol. The second-order valence-electron chi connectivity index (χ2n) is 3.88. The SMILES string of the molecule is C[B]CC(CCC)C1CCC1. The van der Waals surface area contributed by atoms with E-state index in [-0.39, 0.29) is 0 Å². The van der Waals surface area contributed by atoms with Crippen molar-refractivity contribution < 1.29 is 0 Å². The second-order valence-corrected chi connectivity index (χ2v) is 3.88. The zero-order valence-corrected chi connectivity index (χ0v) is 7.97. The molecule has 0 bridgehead atoms. The zero-order chi connectivity index (χ0) is 8.10. The van der Waals surface area contributed by atoms with Crippen molar-refractivity contribution in [2.75, 3.05) is 0 Å². The Morgan fingerprint density at radius 2 is 2.18 bits per heavy atom. The van der Waals surface area contributed by atoms with Gasteiger partial charge in [0.25, 0.3) is 0 Å². The van der Waals surface area contributed by atoms with E-state index in [1.165, 1.54) is 38.4 Å². The summed E-state index contributed by atoms with van der Waals surface area (Å²) in [6.07, 6.45) is 8.70. The lowest BCUT2D eigenvalue weighted by Crippen LogP contribution is -2.22. The van der Waals surface area contributed by atoms with Crippen LogP contribution >= 0.6 is 0 Å². The van der Waals surface area contributed by atoms with Crippen LogP contribution in [0.25, 0.3) is 0 Å². The monoisotopic (exact) mass is 151 g/mol. The zero-order valence-electron chi connectivity index (χ0n) is 7.97. The highest BCUT2D eigenvalue weighted by atomic mass is 14.3. The predicted molar refractivity (Wildman–Crippen MR) is 52.2 cm³/mol. The molecule has 11 heavy (non-hydrogen) atoms. The molecule has 0 aromatic heterocycles. The van der Waals surface area contributed by atoms with Gasteiger partial charge in [-0.15, -0.1) is 0 Å². The van der Waals surface area contributed by atoms with Gasteiger partial charge in [-0.2, -0.15) is 0 Å². The first-order chi connectivity index (χ1) is 5.38. The molecule has 1 aliphatic rings. The molecular formula is C10H20B. The molecule has 1 unspecified atom stereocenters. The lowest BCUT2D eigenvalue weighted by molar-refractivity contribution is 0.209. The molecule has 1 saturated carbocycles. The second kappa shape index (κ2) is 4.85. The maximum Gasteiger partial charge on any atom is 0.106 e. The van der Waals surface area contributed by atoms with Gasteiger partial charge in [0.15, 0.2) is 0 Å². The van der Waals surface area contributed by atoms with E-state index < -0.39 is 0 Å². The number of rotatable bonds is 5. The van der Waals surface area contributed by atoms with Crippen molar-refractivity contribution in [1.82, 2.24) is 0 Å². The first kappa shape index (κ1) is 9.16. The standard InChI is InChI=1S/C10H20B/c1-3-5-10(8-11-2)9-6-4-7-9/h9-10H,3-8H2,1-2H3. The van der Waals surface area contributed by atoms with Crippen molar-refractivity contribution in [2.24, 2.45) is 11.8 Å². The fourth-order valence-electron chi connectivity index (χ4n) is 2.13. The van der Waals surface area contributed by atoms with E-state index in [9.17, 15) is 0 Å². The molecule has 1 aliphatic carbocycles. The summed E-state index contributed by atoms with van der Waals surface area (Å²) in [4.78, 5) is 0. The summed E-state index contributed by atoms with van der Waals surface area (Å²) >= 11 is 0. The molecule has 0 N–H and O–H groups in total. The van der Waals surface area contributed by atoms with Gasteiger partial charge in [0.2, 0.25) is 0 Å². The van der Waals surface area contributed by atoms with Crippen molar-refractivity contribution in [3.8, 4) is 0 Å². The van der Waals surface area contributed by atoms with Gasteiger partial charge in [0.1, 0.15) is 7.28 Å². The Kier molecular flexibility index (Phi) is 4.03. The lowest BCUT2D eigenvalue weighted by Gasteiger charge is -2.33. The molecule has 63 valence electrons. The van der Waals surface area contributed by atoms with Crippen LogP contribution in [-0.4, -0.2) is 7.28 Å². The van der Waals surface area contributed by atoms with Crippen LogP contribution in [0.15, 0.2) is 0 Å². The minimum Gasteiger partial charge on any atom is -0.0920 e. The van der Waals surface area contributed by atoms with Gasteiger partial charge in [0.05, 0.1) is 0 Å². The third-order valence-corrected chi connectivity index (χ3v) is 3.01. The molecule has 0 nitrogen and oxygen atoms in total. The van der Waals surface area contributed by atoms with Crippen molar-refractivity contribution in [2.45, 2.75) is 52.2 Å². The summed E-state index contributed by atoms with van der Waals surface area (Å²) in [7, 11) is 2.35. The van der Waals surface area contributed by atoms with Gasteiger partial charge >= 0.3 is 0 Å². The van der Waals surface area contributed by atoms with E-state index in [0.29, 0.717) is 0 Å². The van der Waals surface area contributed by atoms with Crippen LogP contribution in [0.5, 0.6) is 0 Å². The van der Waals surface area contributed by atoms with E-state index in [4.69, 9.17) is 0 Å². The number of hydrogen-bond donors (Lipinski definition) is 0. The third kappa shape index (κ3) is 2.54. The number of hydrogen-bond acceptors (Lipinski definition) is 0. The van der Waals surface area contributed by atoms with Crippen LogP contribution < -0.4 is 0 Å². The molecule has 0 aromatic rings. The molecule has 1 radical (unpaired) electrons. The van der Waals surface area contributed by atoms with Crippen molar-refractivity contribution >= 4 is 7.28 Å². The van der Waals surface area contributed by atoms with Crippen molar-refractivity contribution in [1.29, 1.82) is 0 Å². The van der Waals surface area contributed by atoms with E-state index in [1.54, 1.807) is 0 Å². The molecule has 1 atom stereocenters. The van der Waals surface area contributed by atoms with Crippen LogP contribution in [0.4, 0.5) is 0 Å². The van der Waals surface area contributed by atoms with Crippen molar-refractivity contribution in [3.63, 3.8) is 0 Å². The molecule has 0 spiro atoms. The fraction of sp³-hybridized carbons (Fsp3) is 1.00. The molecule has 0 amide bonds. The average molecular weight is 151 g/mol. The molecule has 1 heteroatoms. The third-order valence-electron chi connectivity index (χ3n) is 3.01. The molecule has 0 aliphatic heterocycles. The van der Waals surface area contributed by atoms with Gasteiger partial charge in [-0.05, 0) is 11.8 Å². The minimum absolute atomic E-state index is 1.03. The quantitative estimate of drug-likeness (QED) is 0.528. The Bertz CT molecular complexity index is 91.0. The first-order valence-corrected chi connectivity index (χ1v) is 5.16. The smallest absolute Gasteiger partial charge is 0.0920 e. The molecule has 0 aromatic carbocycles. The highest BCUT2D eigenvalue weighted by Gasteiger charge is 2.25. The predicted octanol–water partition coefficient (Wildman–Crippen LogP) is 3.37. The van der Waals surface area contributed by atoms with Crippen molar-refractivity contribution in [3.05, 3.63) is 0 Å². The Balaban J connectivity index is 2.19. The van der Waals surface area contributed by atoms with E-state index in [2.05, 4.69) is 21.0 Å². The molecule has 1 rings (SSSR count). The summed E-state index contributed by atoms with van der Waals surface area (Å²) in [6, 6.07) is 0. The Morgan fingerprint density at radius 3 is 2.55 bits per heavy atom. The largest absolute Gasteiger partial charge is 0.106 e. The Hall–Kier alpha value is 0.0649. The van der Waals surface area contributed by atoms with Gasteiger partial charge in [-0.1, -0.05) is 52.2 Å². The highest BCUT2D eigenvalue weighted by Crippen LogP contribution is 2.37. The maximum absolute atomic E-state index is 2.35. The Morgan fingerprint density at radius 1 is 1.45 bits per heavy atom. The fourth-order valence-corrected chi connectivity index (χ4v) is 2.13. The molecule has 0 saturated heterocycles. The molecule has 1 fully saturated rings. The topological polar surface area (TPSA) is 0 Å². The van der Waals surface area contributed by atoms with Crippen LogP contribution in [0.3, 0.4) is 0 Å². The normalized spacial score (nSPS) is 20.9. The van der Waals surface area contributed by atoms with E-state index in [0.717, 1.165) is 11.8 Å². The van der Waals surface area contributed by atoms with E-state index >= 15 is 0 Å². The highest BCUT2D eigenvalue weighted by molar-refractivity contribution is 6.33. The summed E-state index contributed by atoms with van der Waals surface area (Å²) in [5.74, 6) is 2.12. The van der Waals surface area contributed by atoms with Gasteiger partial charge < -0.3 is 0 Å². The Labute approximate surface area is 72.0 Å². The first-order valence-electron chi connectivity index (χ1n) is 5.16. The van der Waals surface area contributed by atoms with Crippen LogP contribution in [0.2, 0.25) is 13.1 Å². The van der Waals surface area contributed by atoms with Crippen LogP contribution in [-0.2, 0) is 0 Å². The van der Waals surface area contributed by atoms with Crippen LogP contribution in [0, 0.1) is 11.8 Å².